The van der Waals surface area contributed by atoms with E-state index in [1.807, 2.05) is 0 Å². The molecule has 4 aliphatic carbocycles. The molecule has 1 unspecified atom stereocenters. The van der Waals surface area contributed by atoms with Gasteiger partial charge < -0.3 is 16.0 Å². The molecule has 1 heterocycles. The van der Waals surface area contributed by atoms with Crippen LogP contribution in [0.5, 0.6) is 0 Å². The van der Waals surface area contributed by atoms with Crippen LogP contribution in [0.2, 0.25) is 0 Å². The van der Waals surface area contributed by atoms with E-state index in [1.54, 1.807) is 0 Å². The van der Waals surface area contributed by atoms with E-state index >= 15 is 0 Å². The summed E-state index contributed by atoms with van der Waals surface area (Å²) in [7, 11) is 0. The number of nitrogens with zero attached hydrogens (tertiary/aromatic N) is 1. The second-order valence-corrected chi connectivity index (χ2v) is 8.28. The quantitative estimate of drug-likeness (QED) is 0.825. The minimum Gasteiger partial charge on any atom is -0.336 e. The van der Waals surface area contributed by atoms with Gasteiger partial charge in [0, 0.05) is 32.6 Å². The molecule has 4 nitrogen and oxygen atoms in total. The van der Waals surface area contributed by atoms with Crippen molar-refractivity contribution in [3.8, 4) is 0 Å². The lowest BCUT2D eigenvalue weighted by Crippen LogP contribution is -2.57. The zero-order valence-electron chi connectivity index (χ0n) is 13.0. The fourth-order valence-electron chi connectivity index (χ4n) is 6.23. The van der Waals surface area contributed by atoms with E-state index in [9.17, 15) is 4.79 Å². The van der Waals surface area contributed by atoms with E-state index < -0.39 is 0 Å². The Balaban J connectivity index is 1.46. The van der Waals surface area contributed by atoms with Crippen molar-refractivity contribution in [2.24, 2.45) is 28.9 Å². The van der Waals surface area contributed by atoms with Crippen LogP contribution in [0.4, 0.5) is 0 Å². The molecule has 5 rings (SSSR count). The lowest BCUT2D eigenvalue weighted by Gasteiger charge is -2.57. The van der Waals surface area contributed by atoms with Crippen molar-refractivity contribution in [3.05, 3.63) is 0 Å². The third-order valence-electron chi connectivity index (χ3n) is 6.63. The fourth-order valence-corrected chi connectivity index (χ4v) is 6.23. The van der Waals surface area contributed by atoms with Gasteiger partial charge >= 0.3 is 0 Å². The Morgan fingerprint density at radius 2 is 1.76 bits per heavy atom. The molecule has 4 heteroatoms. The second-order valence-electron chi connectivity index (χ2n) is 8.28. The van der Waals surface area contributed by atoms with Crippen LogP contribution < -0.4 is 11.1 Å². The van der Waals surface area contributed by atoms with Gasteiger partial charge in [-0.05, 0) is 61.7 Å². The molecule has 1 saturated heterocycles. The second kappa shape index (κ2) is 5.24. The molecule has 1 atom stereocenters. The van der Waals surface area contributed by atoms with E-state index in [0.29, 0.717) is 17.9 Å². The summed E-state index contributed by atoms with van der Waals surface area (Å²) in [6.07, 6.45) is 9.12. The molecule has 21 heavy (non-hydrogen) atoms. The molecule has 4 saturated carbocycles. The van der Waals surface area contributed by atoms with Crippen molar-refractivity contribution >= 4 is 5.91 Å². The van der Waals surface area contributed by atoms with Gasteiger partial charge in [0.15, 0.2) is 0 Å². The van der Waals surface area contributed by atoms with E-state index in [2.05, 4.69) is 10.2 Å². The van der Waals surface area contributed by atoms with Crippen molar-refractivity contribution in [2.75, 3.05) is 26.2 Å². The van der Waals surface area contributed by atoms with Gasteiger partial charge in [-0.15, -0.1) is 0 Å². The van der Waals surface area contributed by atoms with Crippen LogP contribution in [0, 0.1) is 23.2 Å². The Morgan fingerprint density at radius 1 is 1.14 bits per heavy atom. The maximum atomic E-state index is 12.9. The molecule has 118 valence electrons. The SMILES string of the molecule is NCC1CNCCN1C(=O)CC12CC3CC(CC(C3)C1)C2. The predicted molar refractivity (Wildman–Crippen MR) is 82.6 cm³/mol. The summed E-state index contributed by atoms with van der Waals surface area (Å²) >= 11 is 0. The van der Waals surface area contributed by atoms with Gasteiger partial charge in [0.05, 0.1) is 6.04 Å². The van der Waals surface area contributed by atoms with Gasteiger partial charge in [0.25, 0.3) is 0 Å². The summed E-state index contributed by atoms with van der Waals surface area (Å²) in [5, 5.41) is 3.36. The van der Waals surface area contributed by atoms with Gasteiger partial charge in [-0.1, -0.05) is 0 Å². The zero-order chi connectivity index (χ0) is 14.4. The molecule has 3 N–H and O–H groups in total. The summed E-state index contributed by atoms with van der Waals surface area (Å²) in [6, 6.07) is 0.208. The Kier molecular flexibility index (Phi) is 3.49. The van der Waals surface area contributed by atoms with E-state index in [0.717, 1.165) is 43.8 Å². The predicted octanol–water partition coefficient (Wildman–Crippen LogP) is 1.35. The van der Waals surface area contributed by atoms with Gasteiger partial charge in [0.2, 0.25) is 5.91 Å². The van der Waals surface area contributed by atoms with Crippen molar-refractivity contribution in [3.63, 3.8) is 0 Å². The van der Waals surface area contributed by atoms with Gasteiger partial charge in [-0.2, -0.15) is 0 Å². The van der Waals surface area contributed by atoms with Crippen LogP contribution >= 0.6 is 0 Å². The highest BCUT2D eigenvalue weighted by Gasteiger charge is 2.51. The summed E-state index contributed by atoms with van der Waals surface area (Å²) in [5.74, 6) is 3.17. The molecule has 0 aromatic heterocycles. The Hall–Kier alpha value is -0.610. The molecule has 0 spiro atoms. The molecule has 0 aromatic rings. The fraction of sp³-hybridized carbons (Fsp3) is 0.941. The minimum absolute atomic E-state index is 0.208. The van der Waals surface area contributed by atoms with Gasteiger partial charge in [0.1, 0.15) is 0 Å². The van der Waals surface area contributed by atoms with Crippen LogP contribution in [-0.4, -0.2) is 43.0 Å². The summed E-state index contributed by atoms with van der Waals surface area (Å²) < 4.78 is 0. The number of nitrogens with two attached hydrogens (primary N) is 1. The summed E-state index contributed by atoms with van der Waals surface area (Å²) in [6.45, 7) is 3.21. The highest BCUT2D eigenvalue weighted by Crippen LogP contribution is 2.61. The third-order valence-corrected chi connectivity index (χ3v) is 6.63. The standard InChI is InChI=1S/C17H29N3O/c18-10-15-11-19-1-2-20(15)16(21)9-17-6-12-3-13(7-17)5-14(4-12)8-17/h12-15,19H,1-11,18H2. The maximum Gasteiger partial charge on any atom is 0.223 e. The first kappa shape index (κ1) is 14.0. The van der Waals surface area contributed by atoms with Gasteiger partial charge in [-0.3, -0.25) is 4.79 Å². The highest BCUT2D eigenvalue weighted by atomic mass is 16.2. The number of carbonyl (C=O) groups is 1. The number of amides is 1. The summed E-state index contributed by atoms with van der Waals surface area (Å²) in [5.41, 5.74) is 6.22. The average molecular weight is 291 g/mol. The molecule has 0 radical (unpaired) electrons. The minimum atomic E-state index is 0.208. The molecule has 1 aliphatic heterocycles. The molecule has 4 bridgehead atoms. The van der Waals surface area contributed by atoms with E-state index in [-0.39, 0.29) is 6.04 Å². The average Bonchev–Trinajstić information content (AvgIpc) is 2.45. The number of hydrogen-bond donors (Lipinski definition) is 2. The van der Waals surface area contributed by atoms with Crippen molar-refractivity contribution < 1.29 is 4.79 Å². The van der Waals surface area contributed by atoms with Crippen LogP contribution in [0.25, 0.3) is 0 Å². The first-order chi connectivity index (χ1) is 10.2. The number of carbonyl (C=O) groups excluding carboxylic acids is 1. The first-order valence-electron chi connectivity index (χ1n) is 8.88. The molecular formula is C17H29N3O. The zero-order valence-corrected chi connectivity index (χ0v) is 13.0. The molecule has 0 aromatic carbocycles. The maximum absolute atomic E-state index is 12.9. The topological polar surface area (TPSA) is 58.4 Å². The van der Waals surface area contributed by atoms with Crippen molar-refractivity contribution in [2.45, 2.75) is 51.0 Å². The number of hydrogen-bond acceptors (Lipinski definition) is 3. The highest BCUT2D eigenvalue weighted by molar-refractivity contribution is 5.77. The Bertz CT molecular complexity index is 387. The van der Waals surface area contributed by atoms with Crippen molar-refractivity contribution in [1.82, 2.24) is 10.2 Å². The molecule has 5 fully saturated rings. The van der Waals surface area contributed by atoms with Gasteiger partial charge in [-0.25, -0.2) is 0 Å². The monoisotopic (exact) mass is 291 g/mol. The first-order valence-corrected chi connectivity index (χ1v) is 8.88. The van der Waals surface area contributed by atoms with Crippen LogP contribution in [0.3, 0.4) is 0 Å². The number of nitrogens with one attached hydrogen (secondary N) is 1. The van der Waals surface area contributed by atoms with Crippen LogP contribution in [0.1, 0.15) is 44.9 Å². The Labute approximate surface area is 127 Å². The summed E-state index contributed by atoms with van der Waals surface area (Å²) in [4.78, 5) is 15.0. The molecule has 1 amide bonds. The lowest BCUT2D eigenvalue weighted by molar-refractivity contribution is -0.142. The van der Waals surface area contributed by atoms with E-state index in [4.69, 9.17) is 5.73 Å². The third kappa shape index (κ3) is 2.50. The van der Waals surface area contributed by atoms with Crippen LogP contribution in [0.15, 0.2) is 0 Å². The normalized spacial score (nSPS) is 45.1. The van der Waals surface area contributed by atoms with Crippen LogP contribution in [-0.2, 0) is 4.79 Å². The van der Waals surface area contributed by atoms with Crippen molar-refractivity contribution in [1.29, 1.82) is 0 Å². The molecular weight excluding hydrogens is 262 g/mol. The Morgan fingerprint density at radius 3 is 2.33 bits per heavy atom. The lowest BCUT2D eigenvalue weighted by atomic mass is 9.49. The smallest absolute Gasteiger partial charge is 0.223 e. The molecule has 5 aliphatic rings. The van der Waals surface area contributed by atoms with E-state index in [1.165, 1.54) is 38.5 Å². The number of rotatable bonds is 3. The number of piperazine rings is 1. The largest absolute Gasteiger partial charge is 0.336 e.